The molecule has 2 fully saturated rings. The van der Waals surface area contributed by atoms with Crippen LogP contribution in [0.15, 0.2) is 24.3 Å². The minimum atomic E-state index is -0.0490. The Balaban J connectivity index is 1.57. The molecule has 0 aromatic heterocycles. The largest absolute Gasteiger partial charge is 0.317 e. The number of piperidine rings is 1. The normalized spacial score (nSPS) is 29.2. The molecule has 1 aromatic rings. The summed E-state index contributed by atoms with van der Waals surface area (Å²) >= 11 is 0. The zero-order valence-electron chi connectivity index (χ0n) is 9.95. The van der Waals surface area contributed by atoms with Crippen molar-refractivity contribution < 1.29 is 4.39 Å². The van der Waals surface area contributed by atoms with Crippen molar-refractivity contribution in [1.82, 2.24) is 10.6 Å². The van der Waals surface area contributed by atoms with E-state index >= 15 is 0 Å². The molecular formula is C14H19FN2. The predicted octanol–water partition coefficient (Wildman–Crippen LogP) is 2.02. The van der Waals surface area contributed by atoms with Crippen molar-refractivity contribution in [3.63, 3.8) is 0 Å². The zero-order chi connectivity index (χ0) is 11.7. The van der Waals surface area contributed by atoms with Gasteiger partial charge < -0.3 is 10.6 Å². The zero-order valence-corrected chi connectivity index (χ0v) is 9.95. The lowest BCUT2D eigenvalue weighted by Gasteiger charge is -2.24. The van der Waals surface area contributed by atoms with Crippen LogP contribution in [-0.4, -0.2) is 25.2 Å². The molecule has 2 atom stereocenters. The molecule has 17 heavy (non-hydrogen) atoms. The van der Waals surface area contributed by atoms with E-state index in [-0.39, 0.29) is 5.82 Å². The first-order valence-corrected chi connectivity index (χ1v) is 6.56. The summed E-state index contributed by atoms with van der Waals surface area (Å²) in [7, 11) is 0. The average Bonchev–Trinajstić information content (AvgIpc) is 3.10. The fourth-order valence-electron chi connectivity index (χ4n) is 2.79. The number of halogens is 1. The molecule has 1 aromatic carbocycles. The Hall–Kier alpha value is -0.930. The van der Waals surface area contributed by atoms with Crippen LogP contribution in [-0.2, 0) is 0 Å². The lowest BCUT2D eigenvalue weighted by Crippen LogP contribution is -2.41. The van der Waals surface area contributed by atoms with Gasteiger partial charge in [0.15, 0.2) is 0 Å². The topological polar surface area (TPSA) is 24.1 Å². The third-order valence-electron chi connectivity index (χ3n) is 3.88. The van der Waals surface area contributed by atoms with Crippen molar-refractivity contribution in [2.45, 2.75) is 37.3 Å². The Kier molecular flexibility index (Phi) is 3.12. The van der Waals surface area contributed by atoms with Gasteiger partial charge in [0.2, 0.25) is 0 Å². The van der Waals surface area contributed by atoms with Crippen molar-refractivity contribution in [1.29, 1.82) is 0 Å². The molecule has 0 unspecified atom stereocenters. The SMILES string of the molecule is Fc1ccccc1[C@@H]1C[C@H]1NC1CCNCC1. The molecule has 0 bridgehead atoms. The number of rotatable bonds is 3. The second-order valence-corrected chi connectivity index (χ2v) is 5.16. The summed E-state index contributed by atoms with van der Waals surface area (Å²) in [5, 5.41) is 7.02. The molecule has 3 rings (SSSR count). The molecule has 1 heterocycles. The van der Waals surface area contributed by atoms with Gasteiger partial charge in [0.25, 0.3) is 0 Å². The molecule has 0 radical (unpaired) electrons. The minimum absolute atomic E-state index is 0.0490. The number of hydrogen-bond donors (Lipinski definition) is 2. The van der Waals surface area contributed by atoms with Gasteiger partial charge in [0, 0.05) is 18.0 Å². The van der Waals surface area contributed by atoms with Crippen LogP contribution in [0.5, 0.6) is 0 Å². The first-order valence-electron chi connectivity index (χ1n) is 6.56. The molecule has 1 saturated carbocycles. The fourth-order valence-corrected chi connectivity index (χ4v) is 2.79. The Labute approximate surface area is 102 Å². The quantitative estimate of drug-likeness (QED) is 0.836. The van der Waals surface area contributed by atoms with E-state index in [0.717, 1.165) is 25.1 Å². The highest BCUT2D eigenvalue weighted by atomic mass is 19.1. The highest BCUT2D eigenvalue weighted by molar-refractivity contribution is 5.29. The van der Waals surface area contributed by atoms with Crippen LogP contribution in [0.3, 0.4) is 0 Å². The van der Waals surface area contributed by atoms with Crippen LogP contribution in [0.1, 0.15) is 30.7 Å². The highest BCUT2D eigenvalue weighted by Gasteiger charge is 2.40. The van der Waals surface area contributed by atoms with E-state index in [4.69, 9.17) is 0 Å². The van der Waals surface area contributed by atoms with Crippen LogP contribution in [0.25, 0.3) is 0 Å². The van der Waals surface area contributed by atoms with E-state index in [9.17, 15) is 4.39 Å². The standard InChI is InChI=1S/C14H19FN2/c15-13-4-2-1-3-11(13)12-9-14(12)17-10-5-7-16-8-6-10/h1-4,10,12,14,16-17H,5-9H2/t12-,14+/m0/s1. The van der Waals surface area contributed by atoms with Gasteiger partial charge >= 0.3 is 0 Å². The van der Waals surface area contributed by atoms with Crippen molar-refractivity contribution in [2.24, 2.45) is 0 Å². The summed E-state index contributed by atoms with van der Waals surface area (Å²) < 4.78 is 13.6. The summed E-state index contributed by atoms with van der Waals surface area (Å²) in [6.07, 6.45) is 3.48. The van der Waals surface area contributed by atoms with E-state index in [1.807, 2.05) is 12.1 Å². The first-order chi connectivity index (χ1) is 8.34. The Morgan fingerprint density at radius 1 is 1.18 bits per heavy atom. The van der Waals surface area contributed by atoms with Crippen LogP contribution >= 0.6 is 0 Å². The van der Waals surface area contributed by atoms with E-state index in [1.165, 1.54) is 12.8 Å². The summed E-state index contributed by atoms with van der Waals surface area (Å²) in [4.78, 5) is 0. The second-order valence-electron chi connectivity index (χ2n) is 5.16. The highest BCUT2D eigenvalue weighted by Crippen LogP contribution is 2.42. The van der Waals surface area contributed by atoms with E-state index in [2.05, 4.69) is 10.6 Å². The van der Waals surface area contributed by atoms with Crippen LogP contribution < -0.4 is 10.6 Å². The molecule has 0 amide bonds. The molecule has 2 aliphatic rings. The molecule has 1 aliphatic heterocycles. The van der Waals surface area contributed by atoms with Crippen molar-refractivity contribution in [3.8, 4) is 0 Å². The number of nitrogens with one attached hydrogen (secondary N) is 2. The summed E-state index contributed by atoms with van der Waals surface area (Å²) in [5.74, 6) is 0.346. The van der Waals surface area contributed by atoms with Crippen LogP contribution in [0.2, 0.25) is 0 Å². The first kappa shape index (κ1) is 11.2. The van der Waals surface area contributed by atoms with Gasteiger partial charge in [-0.15, -0.1) is 0 Å². The number of benzene rings is 1. The third kappa shape index (κ3) is 2.50. The van der Waals surface area contributed by atoms with Gasteiger partial charge in [-0.2, -0.15) is 0 Å². The minimum Gasteiger partial charge on any atom is -0.317 e. The molecule has 0 spiro atoms. The second kappa shape index (κ2) is 4.75. The molecule has 2 N–H and O–H groups in total. The third-order valence-corrected chi connectivity index (χ3v) is 3.88. The van der Waals surface area contributed by atoms with Gasteiger partial charge in [-0.25, -0.2) is 4.39 Å². The van der Waals surface area contributed by atoms with Gasteiger partial charge in [-0.1, -0.05) is 18.2 Å². The van der Waals surface area contributed by atoms with E-state index in [0.29, 0.717) is 18.0 Å². The Morgan fingerprint density at radius 3 is 2.71 bits per heavy atom. The molecule has 1 aliphatic carbocycles. The van der Waals surface area contributed by atoms with Crippen molar-refractivity contribution >= 4 is 0 Å². The summed E-state index contributed by atoms with van der Waals surface area (Å²) in [5.41, 5.74) is 0.888. The van der Waals surface area contributed by atoms with Crippen LogP contribution in [0.4, 0.5) is 4.39 Å². The predicted molar refractivity (Wildman–Crippen MR) is 66.6 cm³/mol. The monoisotopic (exact) mass is 234 g/mol. The smallest absolute Gasteiger partial charge is 0.126 e. The van der Waals surface area contributed by atoms with Gasteiger partial charge in [0.1, 0.15) is 5.82 Å². The van der Waals surface area contributed by atoms with Crippen molar-refractivity contribution in [2.75, 3.05) is 13.1 Å². The van der Waals surface area contributed by atoms with Gasteiger partial charge in [0.05, 0.1) is 0 Å². The van der Waals surface area contributed by atoms with E-state index < -0.39 is 0 Å². The maximum absolute atomic E-state index is 13.6. The molecule has 92 valence electrons. The summed E-state index contributed by atoms with van der Waals surface area (Å²) in [6, 6.07) is 8.29. The van der Waals surface area contributed by atoms with Gasteiger partial charge in [-0.05, 0) is 44.0 Å². The number of hydrogen-bond acceptors (Lipinski definition) is 2. The van der Waals surface area contributed by atoms with E-state index in [1.54, 1.807) is 12.1 Å². The molecule has 3 heteroatoms. The van der Waals surface area contributed by atoms with Crippen LogP contribution in [0, 0.1) is 5.82 Å². The lowest BCUT2D eigenvalue weighted by atomic mass is 10.1. The molecular weight excluding hydrogens is 215 g/mol. The Bertz CT molecular complexity index is 388. The maximum Gasteiger partial charge on any atom is 0.126 e. The van der Waals surface area contributed by atoms with Gasteiger partial charge in [-0.3, -0.25) is 0 Å². The fraction of sp³-hybridized carbons (Fsp3) is 0.571. The molecule has 2 nitrogen and oxygen atoms in total. The lowest BCUT2D eigenvalue weighted by molar-refractivity contribution is 0.383. The molecule has 1 saturated heterocycles. The summed E-state index contributed by atoms with van der Waals surface area (Å²) in [6.45, 7) is 2.21. The Morgan fingerprint density at radius 2 is 1.94 bits per heavy atom. The average molecular weight is 234 g/mol. The maximum atomic E-state index is 13.6. The van der Waals surface area contributed by atoms with Crippen molar-refractivity contribution in [3.05, 3.63) is 35.6 Å².